The highest BCUT2D eigenvalue weighted by molar-refractivity contribution is 7.82. The Labute approximate surface area is 74.9 Å². The molecule has 0 fully saturated rings. The van der Waals surface area contributed by atoms with Crippen LogP contribution in [0, 0.1) is 6.92 Å². The number of fused-ring (bicyclic) bond motifs is 1. The van der Waals surface area contributed by atoms with Gasteiger partial charge in [0.2, 0.25) is 5.75 Å². The first kappa shape index (κ1) is 8.18. The molecule has 1 aliphatic rings. The van der Waals surface area contributed by atoms with E-state index in [1.54, 1.807) is 13.0 Å². The molecule has 13 heavy (non-hydrogen) atoms. The standard InChI is InChI=1S/C7H6O5S/c1-4-2-3-5(8)7-6(4)11-13(9,10)12-7/h2-3,8H,1H3. The van der Waals surface area contributed by atoms with Gasteiger partial charge in [-0.3, -0.25) is 0 Å². The van der Waals surface area contributed by atoms with Crippen LogP contribution in [-0.4, -0.2) is 13.5 Å². The van der Waals surface area contributed by atoms with Crippen molar-refractivity contribution < 1.29 is 21.9 Å². The first-order valence-corrected chi connectivity index (χ1v) is 4.79. The van der Waals surface area contributed by atoms with Gasteiger partial charge < -0.3 is 13.5 Å². The fourth-order valence-electron chi connectivity index (χ4n) is 1.06. The monoisotopic (exact) mass is 202 g/mol. The number of aromatic hydroxyl groups is 1. The summed E-state index contributed by atoms with van der Waals surface area (Å²) in [7, 11) is -4.01. The maximum Gasteiger partial charge on any atom is 0.501 e. The van der Waals surface area contributed by atoms with Gasteiger partial charge in [-0.05, 0) is 18.6 Å². The van der Waals surface area contributed by atoms with Crippen molar-refractivity contribution in [2.24, 2.45) is 0 Å². The van der Waals surface area contributed by atoms with Crippen LogP contribution < -0.4 is 8.37 Å². The first-order valence-electron chi connectivity index (χ1n) is 3.46. The third-order valence-electron chi connectivity index (χ3n) is 1.66. The zero-order valence-electron chi connectivity index (χ0n) is 6.64. The SMILES string of the molecule is Cc1ccc(O)c2c1OS(=O)(=O)O2. The normalized spacial score (nSPS) is 17.3. The quantitative estimate of drug-likeness (QED) is 0.670. The van der Waals surface area contributed by atoms with Crippen LogP contribution >= 0.6 is 0 Å². The summed E-state index contributed by atoms with van der Waals surface area (Å²) in [5.74, 6) is -0.332. The van der Waals surface area contributed by atoms with Gasteiger partial charge in [0.15, 0.2) is 11.5 Å². The first-order chi connectivity index (χ1) is 5.99. The zero-order chi connectivity index (χ0) is 9.64. The largest absolute Gasteiger partial charge is 0.504 e. The second kappa shape index (κ2) is 2.29. The van der Waals surface area contributed by atoms with Crippen molar-refractivity contribution in [3.05, 3.63) is 17.7 Å². The van der Waals surface area contributed by atoms with Gasteiger partial charge in [-0.15, -0.1) is 8.42 Å². The van der Waals surface area contributed by atoms with Crippen molar-refractivity contribution in [1.82, 2.24) is 0 Å². The van der Waals surface area contributed by atoms with Gasteiger partial charge in [0.25, 0.3) is 0 Å². The minimum absolute atomic E-state index is 0.0556. The van der Waals surface area contributed by atoms with E-state index < -0.39 is 10.4 Å². The van der Waals surface area contributed by atoms with Crippen LogP contribution in [0.5, 0.6) is 17.2 Å². The van der Waals surface area contributed by atoms with E-state index >= 15 is 0 Å². The Morgan fingerprint density at radius 2 is 1.85 bits per heavy atom. The van der Waals surface area contributed by atoms with Crippen molar-refractivity contribution in [3.8, 4) is 17.2 Å². The van der Waals surface area contributed by atoms with Gasteiger partial charge in [-0.1, -0.05) is 6.07 Å². The third kappa shape index (κ3) is 1.19. The molecule has 0 amide bonds. The number of rotatable bonds is 0. The summed E-state index contributed by atoms with van der Waals surface area (Å²) < 4.78 is 30.6. The van der Waals surface area contributed by atoms with Gasteiger partial charge in [0.1, 0.15) is 0 Å². The topological polar surface area (TPSA) is 72.8 Å². The van der Waals surface area contributed by atoms with Crippen LogP contribution in [0.25, 0.3) is 0 Å². The number of hydrogen-bond donors (Lipinski definition) is 1. The lowest BCUT2D eigenvalue weighted by atomic mass is 10.2. The van der Waals surface area contributed by atoms with Crippen LogP contribution in [0.4, 0.5) is 0 Å². The van der Waals surface area contributed by atoms with E-state index in [0.29, 0.717) is 5.56 Å². The summed E-state index contributed by atoms with van der Waals surface area (Å²) in [5, 5.41) is 9.22. The van der Waals surface area contributed by atoms with Gasteiger partial charge in [0.05, 0.1) is 0 Å². The third-order valence-corrected chi connectivity index (χ3v) is 2.40. The molecule has 0 saturated carbocycles. The van der Waals surface area contributed by atoms with Crippen LogP contribution in [0.2, 0.25) is 0 Å². The highest BCUT2D eigenvalue weighted by Gasteiger charge is 2.32. The maximum absolute atomic E-state index is 10.8. The molecule has 70 valence electrons. The molecule has 1 heterocycles. The van der Waals surface area contributed by atoms with Gasteiger partial charge in [-0.25, -0.2) is 0 Å². The molecule has 0 saturated heterocycles. The Balaban J connectivity index is 2.69. The molecule has 0 bridgehead atoms. The maximum atomic E-state index is 10.8. The van der Waals surface area contributed by atoms with E-state index in [9.17, 15) is 13.5 Å². The molecule has 1 aromatic rings. The average molecular weight is 202 g/mol. The lowest BCUT2D eigenvalue weighted by molar-refractivity contribution is 0.419. The lowest BCUT2D eigenvalue weighted by Crippen LogP contribution is -2.08. The summed E-state index contributed by atoms with van der Waals surface area (Å²) in [6, 6.07) is 2.89. The molecule has 6 heteroatoms. The van der Waals surface area contributed by atoms with Crippen molar-refractivity contribution in [1.29, 1.82) is 0 Å². The zero-order valence-corrected chi connectivity index (χ0v) is 7.46. The predicted octanol–water partition coefficient (Wildman–Crippen LogP) is 0.717. The van der Waals surface area contributed by atoms with Crippen LogP contribution in [-0.2, 0) is 10.4 Å². The van der Waals surface area contributed by atoms with Crippen LogP contribution in [0.1, 0.15) is 5.56 Å². The summed E-state index contributed by atoms with van der Waals surface area (Å²) >= 11 is 0. The van der Waals surface area contributed by atoms with Crippen molar-refractivity contribution >= 4 is 10.4 Å². The molecule has 0 aliphatic carbocycles. The second-order valence-electron chi connectivity index (χ2n) is 2.63. The number of benzene rings is 1. The van der Waals surface area contributed by atoms with Crippen molar-refractivity contribution in [3.63, 3.8) is 0 Å². The molecule has 0 aromatic heterocycles. The minimum Gasteiger partial charge on any atom is -0.504 e. The average Bonchev–Trinajstić information content (AvgIpc) is 2.35. The molecule has 5 nitrogen and oxygen atoms in total. The smallest absolute Gasteiger partial charge is 0.501 e. The summed E-state index contributed by atoms with van der Waals surface area (Å²) in [5.41, 5.74) is 0.592. The summed E-state index contributed by atoms with van der Waals surface area (Å²) in [4.78, 5) is 0. The fraction of sp³-hybridized carbons (Fsp3) is 0.143. The molecular weight excluding hydrogens is 196 g/mol. The van der Waals surface area contributed by atoms with E-state index in [1.807, 2.05) is 0 Å². The molecule has 1 N–H and O–H groups in total. The fourth-order valence-corrected chi connectivity index (χ4v) is 1.87. The Morgan fingerprint density at radius 1 is 1.23 bits per heavy atom. The van der Waals surface area contributed by atoms with Gasteiger partial charge >= 0.3 is 10.4 Å². The molecule has 0 atom stereocenters. The number of hydrogen-bond acceptors (Lipinski definition) is 5. The highest BCUT2D eigenvalue weighted by Crippen LogP contribution is 2.44. The van der Waals surface area contributed by atoms with Gasteiger partial charge in [0, 0.05) is 0 Å². The summed E-state index contributed by atoms with van der Waals surface area (Å²) in [6.45, 7) is 1.66. The molecule has 1 aliphatic heterocycles. The number of phenolic OH excluding ortho intramolecular Hbond substituents is 1. The number of aryl methyl sites for hydroxylation is 1. The Kier molecular flexibility index (Phi) is 1.44. The molecular formula is C7H6O5S. The van der Waals surface area contributed by atoms with E-state index in [4.69, 9.17) is 0 Å². The van der Waals surface area contributed by atoms with Crippen LogP contribution in [0.15, 0.2) is 12.1 Å². The van der Waals surface area contributed by atoms with Crippen molar-refractivity contribution in [2.45, 2.75) is 6.92 Å². The Bertz CT molecular complexity index is 425. The second-order valence-corrected chi connectivity index (χ2v) is 3.78. The number of phenols is 1. The minimum atomic E-state index is -4.01. The molecule has 0 spiro atoms. The predicted molar refractivity (Wildman–Crippen MR) is 43.0 cm³/mol. The van der Waals surface area contributed by atoms with E-state index in [2.05, 4.69) is 8.37 Å². The molecule has 1 aromatic carbocycles. The lowest BCUT2D eigenvalue weighted by Gasteiger charge is -1.98. The Hall–Kier alpha value is -1.43. The van der Waals surface area contributed by atoms with Crippen LogP contribution in [0.3, 0.4) is 0 Å². The van der Waals surface area contributed by atoms with E-state index in [0.717, 1.165) is 0 Å². The molecule has 2 rings (SSSR count). The molecule has 0 radical (unpaired) electrons. The van der Waals surface area contributed by atoms with Gasteiger partial charge in [-0.2, -0.15) is 0 Å². The van der Waals surface area contributed by atoms with Crippen molar-refractivity contribution in [2.75, 3.05) is 0 Å². The summed E-state index contributed by atoms with van der Waals surface area (Å²) in [6.07, 6.45) is 0. The molecule has 0 unspecified atom stereocenters. The highest BCUT2D eigenvalue weighted by atomic mass is 32.3. The Morgan fingerprint density at radius 3 is 2.46 bits per heavy atom. The van der Waals surface area contributed by atoms with E-state index in [1.165, 1.54) is 6.07 Å². The van der Waals surface area contributed by atoms with E-state index in [-0.39, 0.29) is 17.2 Å².